The molecule has 0 saturated heterocycles. The fourth-order valence-corrected chi connectivity index (χ4v) is 0.875. The van der Waals surface area contributed by atoms with Gasteiger partial charge in [0.2, 0.25) is 0 Å². The number of carbonyl (C=O) groups is 1. The lowest BCUT2D eigenvalue weighted by Gasteiger charge is -2.04. The molecule has 0 aromatic heterocycles. The summed E-state index contributed by atoms with van der Waals surface area (Å²) in [4.78, 5) is 10.3. The van der Waals surface area contributed by atoms with E-state index < -0.39 is 0 Å². The molecule has 1 N–H and O–H groups in total. The van der Waals surface area contributed by atoms with E-state index in [1.54, 1.807) is 6.08 Å². The van der Waals surface area contributed by atoms with Crippen molar-refractivity contribution in [1.29, 1.82) is 0 Å². The number of aromatic hydroxyl groups is 1. The molecule has 0 heterocycles. The Morgan fingerprint density at radius 3 is 2.60 bits per heavy atom. The van der Waals surface area contributed by atoms with Crippen LogP contribution in [0.2, 0.25) is 0 Å². The molecule has 0 unspecified atom stereocenters. The Hall–Kier alpha value is -1.77. The van der Waals surface area contributed by atoms with E-state index in [0.717, 1.165) is 0 Å². The highest BCUT2D eigenvalue weighted by atomic mass is 16.5. The van der Waals surface area contributed by atoms with Crippen LogP contribution in [0, 0.1) is 0 Å². The van der Waals surface area contributed by atoms with Crippen LogP contribution in [0.4, 0.5) is 0 Å². The second-order valence-corrected chi connectivity index (χ2v) is 2.69. The highest BCUT2D eigenvalue weighted by molar-refractivity contribution is 5.76. The second-order valence-electron chi connectivity index (χ2n) is 2.69. The van der Waals surface area contributed by atoms with Gasteiger partial charge >= 0.3 is 0 Å². The molecule has 0 fully saturated rings. The fraction of sp³-hybridized carbons (Fsp3) is 0.250. The summed E-state index contributed by atoms with van der Waals surface area (Å²) in [5, 5.41) is 9.22. The first kappa shape index (κ1) is 13.2. The Balaban J connectivity index is 0.000000583. The fourth-order valence-electron chi connectivity index (χ4n) is 0.875. The molecular formula is C12H16O3. The van der Waals surface area contributed by atoms with Crippen molar-refractivity contribution in [2.75, 3.05) is 6.61 Å². The third kappa shape index (κ3) is 4.86. The van der Waals surface area contributed by atoms with Crippen molar-refractivity contribution in [3.05, 3.63) is 36.4 Å². The Morgan fingerprint density at radius 2 is 2.13 bits per heavy atom. The predicted molar refractivity (Wildman–Crippen MR) is 60.5 cm³/mol. The molecular weight excluding hydrogens is 192 g/mol. The first-order valence-electron chi connectivity index (χ1n) is 4.67. The Bertz CT molecular complexity index is 319. The second kappa shape index (κ2) is 7.62. The van der Waals surface area contributed by atoms with Crippen molar-refractivity contribution in [2.24, 2.45) is 0 Å². The van der Waals surface area contributed by atoms with E-state index in [1.165, 1.54) is 18.2 Å². The van der Waals surface area contributed by atoms with Crippen LogP contribution >= 0.6 is 0 Å². The number of hydrogen-bond donors (Lipinski definition) is 1. The van der Waals surface area contributed by atoms with Crippen LogP contribution in [0.1, 0.15) is 24.2 Å². The van der Waals surface area contributed by atoms with Gasteiger partial charge in [-0.2, -0.15) is 0 Å². The predicted octanol–water partition coefficient (Wildman–Crippen LogP) is 2.80. The first-order valence-corrected chi connectivity index (χ1v) is 4.67. The molecule has 3 heteroatoms. The lowest BCUT2D eigenvalue weighted by molar-refractivity contribution is 0.112. The zero-order valence-corrected chi connectivity index (χ0v) is 9.06. The van der Waals surface area contributed by atoms with E-state index in [2.05, 4.69) is 6.58 Å². The average Bonchev–Trinajstić information content (AvgIpc) is 2.23. The zero-order chi connectivity index (χ0) is 11.7. The minimum Gasteiger partial charge on any atom is -0.504 e. The molecule has 0 radical (unpaired) electrons. The van der Waals surface area contributed by atoms with E-state index in [9.17, 15) is 9.90 Å². The molecule has 0 saturated carbocycles. The SMILES string of the molecule is C=CC.CCOc1cc(C=O)ccc1O. The molecule has 0 aliphatic rings. The maximum absolute atomic E-state index is 10.3. The average molecular weight is 208 g/mol. The summed E-state index contributed by atoms with van der Waals surface area (Å²) in [6.45, 7) is 7.53. The van der Waals surface area contributed by atoms with Gasteiger partial charge in [0.05, 0.1) is 6.61 Å². The maximum Gasteiger partial charge on any atom is 0.161 e. The van der Waals surface area contributed by atoms with Crippen molar-refractivity contribution in [3.63, 3.8) is 0 Å². The Morgan fingerprint density at radius 1 is 1.53 bits per heavy atom. The molecule has 1 aromatic carbocycles. The summed E-state index contributed by atoms with van der Waals surface area (Å²) in [7, 11) is 0. The summed E-state index contributed by atoms with van der Waals surface area (Å²) in [5.41, 5.74) is 0.497. The van der Waals surface area contributed by atoms with Gasteiger partial charge in [-0.1, -0.05) is 6.08 Å². The van der Waals surface area contributed by atoms with E-state index in [4.69, 9.17) is 4.74 Å². The number of hydrogen-bond acceptors (Lipinski definition) is 3. The van der Waals surface area contributed by atoms with Crippen LogP contribution in [0.3, 0.4) is 0 Å². The van der Waals surface area contributed by atoms with Gasteiger partial charge in [-0.3, -0.25) is 4.79 Å². The summed E-state index contributed by atoms with van der Waals surface area (Å²) in [6, 6.07) is 4.48. The summed E-state index contributed by atoms with van der Waals surface area (Å²) < 4.78 is 5.07. The lowest BCUT2D eigenvalue weighted by Crippen LogP contribution is -1.92. The molecule has 3 nitrogen and oxygen atoms in total. The van der Waals surface area contributed by atoms with Crippen LogP contribution in [-0.2, 0) is 0 Å². The molecule has 0 atom stereocenters. The highest BCUT2D eigenvalue weighted by Gasteiger charge is 2.01. The summed E-state index contributed by atoms with van der Waals surface area (Å²) in [5.74, 6) is 0.407. The van der Waals surface area contributed by atoms with E-state index in [0.29, 0.717) is 24.2 Å². The Labute approximate surface area is 90.0 Å². The van der Waals surface area contributed by atoms with Gasteiger partial charge < -0.3 is 9.84 Å². The molecule has 0 bridgehead atoms. The molecule has 0 aliphatic carbocycles. The Kier molecular flexibility index (Phi) is 6.72. The molecule has 82 valence electrons. The number of rotatable bonds is 3. The number of phenols is 1. The third-order valence-electron chi connectivity index (χ3n) is 1.42. The molecule has 0 amide bonds. The van der Waals surface area contributed by atoms with Crippen molar-refractivity contribution >= 4 is 6.29 Å². The van der Waals surface area contributed by atoms with Gasteiger partial charge in [-0.05, 0) is 32.0 Å². The lowest BCUT2D eigenvalue weighted by atomic mass is 10.2. The van der Waals surface area contributed by atoms with Gasteiger partial charge in [0.1, 0.15) is 6.29 Å². The van der Waals surface area contributed by atoms with Crippen LogP contribution < -0.4 is 4.74 Å². The summed E-state index contributed by atoms with van der Waals surface area (Å²) >= 11 is 0. The van der Waals surface area contributed by atoms with Crippen molar-refractivity contribution in [2.45, 2.75) is 13.8 Å². The normalized spacial score (nSPS) is 8.40. The molecule has 1 rings (SSSR count). The van der Waals surface area contributed by atoms with Gasteiger partial charge in [-0.25, -0.2) is 0 Å². The molecule has 0 spiro atoms. The van der Waals surface area contributed by atoms with Crippen LogP contribution in [0.25, 0.3) is 0 Å². The van der Waals surface area contributed by atoms with E-state index in [1.807, 2.05) is 13.8 Å². The first-order chi connectivity index (χ1) is 7.19. The van der Waals surface area contributed by atoms with Gasteiger partial charge in [-0.15, -0.1) is 6.58 Å². The van der Waals surface area contributed by atoms with Crippen molar-refractivity contribution in [3.8, 4) is 11.5 Å². The van der Waals surface area contributed by atoms with Gasteiger partial charge in [0.15, 0.2) is 11.5 Å². The number of ether oxygens (including phenoxy) is 1. The largest absolute Gasteiger partial charge is 0.504 e. The van der Waals surface area contributed by atoms with Crippen molar-refractivity contribution in [1.82, 2.24) is 0 Å². The van der Waals surface area contributed by atoms with Gasteiger partial charge in [0.25, 0.3) is 0 Å². The summed E-state index contributed by atoms with van der Waals surface area (Å²) in [6.07, 6.45) is 2.46. The van der Waals surface area contributed by atoms with E-state index in [-0.39, 0.29) is 5.75 Å². The highest BCUT2D eigenvalue weighted by Crippen LogP contribution is 2.25. The number of carbonyl (C=O) groups excluding carboxylic acids is 1. The zero-order valence-electron chi connectivity index (χ0n) is 9.06. The van der Waals surface area contributed by atoms with E-state index >= 15 is 0 Å². The number of allylic oxidation sites excluding steroid dienone is 1. The number of phenolic OH excluding ortho intramolecular Hbond substituents is 1. The quantitative estimate of drug-likeness (QED) is 0.613. The minimum atomic E-state index is 0.0578. The smallest absolute Gasteiger partial charge is 0.161 e. The standard InChI is InChI=1S/C9H10O3.C3H6/c1-2-12-9-5-7(6-10)3-4-8(9)11;1-3-2/h3-6,11H,2H2,1H3;3H,1H2,2H3. The van der Waals surface area contributed by atoms with Crippen LogP contribution in [-0.4, -0.2) is 18.0 Å². The third-order valence-corrected chi connectivity index (χ3v) is 1.42. The van der Waals surface area contributed by atoms with Crippen LogP contribution in [0.15, 0.2) is 30.9 Å². The number of aldehydes is 1. The van der Waals surface area contributed by atoms with Gasteiger partial charge in [0, 0.05) is 5.56 Å². The van der Waals surface area contributed by atoms with Crippen LogP contribution in [0.5, 0.6) is 11.5 Å². The molecule has 0 aliphatic heterocycles. The maximum atomic E-state index is 10.3. The topological polar surface area (TPSA) is 46.5 Å². The van der Waals surface area contributed by atoms with Crippen molar-refractivity contribution < 1.29 is 14.6 Å². The molecule has 15 heavy (non-hydrogen) atoms. The minimum absolute atomic E-state index is 0.0578. The molecule has 1 aromatic rings. The number of benzene rings is 1. The monoisotopic (exact) mass is 208 g/mol.